The number of hydrogen-bond acceptors (Lipinski definition) is 5. The maximum Gasteiger partial charge on any atom is 0.271 e. The highest BCUT2D eigenvalue weighted by atomic mass is 16.1. The lowest BCUT2D eigenvalue weighted by Gasteiger charge is -2.17. The van der Waals surface area contributed by atoms with Gasteiger partial charge in [-0.05, 0) is 23.3 Å². The van der Waals surface area contributed by atoms with Crippen LogP contribution in [-0.4, -0.2) is 30.2 Å². The minimum Gasteiger partial charge on any atom is -0.354 e. The smallest absolute Gasteiger partial charge is 0.271 e. The SMILES string of the molecule is CNC(=O)c1ccc(N(C)Cc2ccc(CN)cc2)nn1. The van der Waals surface area contributed by atoms with Gasteiger partial charge in [0.25, 0.3) is 5.91 Å². The van der Waals surface area contributed by atoms with Crippen LogP contribution in [0.3, 0.4) is 0 Å². The number of nitrogens with zero attached hydrogens (tertiary/aromatic N) is 3. The van der Waals surface area contributed by atoms with Crippen LogP contribution in [0.2, 0.25) is 0 Å². The molecule has 110 valence electrons. The number of aromatic nitrogens is 2. The van der Waals surface area contributed by atoms with E-state index < -0.39 is 0 Å². The number of rotatable bonds is 5. The van der Waals surface area contributed by atoms with Crippen LogP contribution >= 0.6 is 0 Å². The summed E-state index contributed by atoms with van der Waals surface area (Å²) in [6.07, 6.45) is 0. The van der Waals surface area contributed by atoms with Crippen molar-refractivity contribution in [3.63, 3.8) is 0 Å². The molecule has 3 N–H and O–H groups in total. The molecule has 0 saturated carbocycles. The summed E-state index contributed by atoms with van der Waals surface area (Å²) in [6, 6.07) is 11.6. The van der Waals surface area contributed by atoms with E-state index in [1.165, 1.54) is 0 Å². The molecule has 0 bridgehead atoms. The van der Waals surface area contributed by atoms with Crippen LogP contribution in [0.5, 0.6) is 0 Å². The Bertz CT molecular complexity index is 594. The van der Waals surface area contributed by atoms with Crippen molar-refractivity contribution in [2.45, 2.75) is 13.1 Å². The highest BCUT2D eigenvalue weighted by Crippen LogP contribution is 2.12. The van der Waals surface area contributed by atoms with Crippen molar-refractivity contribution in [2.75, 3.05) is 19.0 Å². The molecular formula is C15H19N5O. The first-order chi connectivity index (χ1) is 10.1. The molecule has 21 heavy (non-hydrogen) atoms. The molecule has 0 saturated heterocycles. The van der Waals surface area contributed by atoms with E-state index in [0.717, 1.165) is 11.1 Å². The second-order valence-corrected chi connectivity index (χ2v) is 4.73. The van der Waals surface area contributed by atoms with Crippen molar-refractivity contribution >= 4 is 11.7 Å². The monoisotopic (exact) mass is 285 g/mol. The van der Waals surface area contributed by atoms with E-state index in [1.54, 1.807) is 19.2 Å². The zero-order valence-electron chi connectivity index (χ0n) is 12.2. The lowest BCUT2D eigenvalue weighted by atomic mass is 10.1. The molecule has 0 unspecified atom stereocenters. The predicted molar refractivity (Wildman–Crippen MR) is 81.9 cm³/mol. The van der Waals surface area contributed by atoms with E-state index in [-0.39, 0.29) is 5.91 Å². The van der Waals surface area contributed by atoms with Gasteiger partial charge in [-0.2, -0.15) is 0 Å². The van der Waals surface area contributed by atoms with Crippen molar-refractivity contribution in [3.8, 4) is 0 Å². The Hall–Kier alpha value is -2.47. The zero-order valence-corrected chi connectivity index (χ0v) is 12.2. The van der Waals surface area contributed by atoms with Crippen LogP contribution in [0.4, 0.5) is 5.82 Å². The van der Waals surface area contributed by atoms with E-state index in [9.17, 15) is 4.79 Å². The fourth-order valence-electron chi connectivity index (χ4n) is 1.91. The Labute approximate surface area is 124 Å². The third kappa shape index (κ3) is 3.76. The van der Waals surface area contributed by atoms with E-state index in [4.69, 9.17) is 5.73 Å². The van der Waals surface area contributed by atoms with E-state index >= 15 is 0 Å². The molecule has 1 amide bonds. The molecule has 0 spiro atoms. The van der Waals surface area contributed by atoms with Crippen molar-refractivity contribution in [2.24, 2.45) is 5.73 Å². The van der Waals surface area contributed by atoms with Crippen LogP contribution in [0.1, 0.15) is 21.6 Å². The molecule has 1 aromatic heterocycles. The van der Waals surface area contributed by atoms with Gasteiger partial charge in [0.15, 0.2) is 11.5 Å². The fraction of sp³-hybridized carbons (Fsp3) is 0.267. The summed E-state index contributed by atoms with van der Waals surface area (Å²) in [7, 11) is 3.50. The van der Waals surface area contributed by atoms with Crippen LogP contribution in [0.25, 0.3) is 0 Å². The molecule has 6 nitrogen and oxygen atoms in total. The Balaban J connectivity index is 2.05. The summed E-state index contributed by atoms with van der Waals surface area (Å²) in [5, 5.41) is 10.5. The van der Waals surface area contributed by atoms with Crippen LogP contribution in [0.15, 0.2) is 36.4 Å². The summed E-state index contributed by atoms with van der Waals surface area (Å²) < 4.78 is 0. The molecule has 6 heteroatoms. The highest BCUT2D eigenvalue weighted by Gasteiger charge is 2.08. The van der Waals surface area contributed by atoms with Crippen molar-refractivity contribution in [3.05, 3.63) is 53.2 Å². The third-order valence-corrected chi connectivity index (χ3v) is 3.18. The summed E-state index contributed by atoms with van der Waals surface area (Å²) in [5.41, 5.74) is 8.15. The third-order valence-electron chi connectivity index (χ3n) is 3.18. The molecule has 0 aliphatic heterocycles. The number of carbonyl (C=O) groups excluding carboxylic acids is 1. The fourth-order valence-corrected chi connectivity index (χ4v) is 1.91. The Morgan fingerprint density at radius 2 is 1.81 bits per heavy atom. The second-order valence-electron chi connectivity index (χ2n) is 4.73. The molecule has 0 fully saturated rings. The topological polar surface area (TPSA) is 84.1 Å². The van der Waals surface area contributed by atoms with E-state index in [0.29, 0.717) is 24.6 Å². The Morgan fingerprint density at radius 3 is 2.33 bits per heavy atom. The molecular weight excluding hydrogens is 266 g/mol. The standard InChI is InChI=1S/C15H19N5O/c1-17-15(21)13-7-8-14(19-18-13)20(2)10-12-5-3-11(9-16)4-6-12/h3-8H,9-10,16H2,1-2H3,(H,17,21). The van der Waals surface area contributed by atoms with Crippen molar-refractivity contribution < 1.29 is 4.79 Å². The quantitative estimate of drug-likeness (QED) is 0.854. The number of amides is 1. The lowest BCUT2D eigenvalue weighted by molar-refractivity contribution is 0.0957. The zero-order chi connectivity index (χ0) is 15.2. The lowest BCUT2D eigenvalue weighted by Crippen LogP contribution is -2.22. The first-order valence-corrected chi connectivity index (χ1v) is 6.69. The number of hydrogen-bond donors (Lipinski definition) is 2. The molecule has 0 radical (unpaired) electrons. The summed E-state index contributed by atoms with van der Waals surface area (Å²) in [4.78, 5) is 13.4. The van der Waals surface area contributed by atoms with Gasteiger partial charge in [0.05, 0.1) is 0 Å². The second kappa shape index (κ2) is 6.81. The molecule has 0 aliphatic carbocycles. The molecule has 1 heterocycles. The van der Waals surface area contributed by atoms with Gasteiger partial charge in [-0.25, -0.2) is 0 Å². The van der Waals surface area contributed by atoms with Gasteiger partial charge in [0, 0.05) is 27.2 Å². The predicted octanol–water partition coefficient (Wildman–Crippen LogP) is 0.931. The first kappa shape index (κ1) is 14.9. The highest BCUT2D eigenvalue weighted by molar-refractivity contribution is 5.91. The summed E-state index contributed by atoms with van der Waals surface area (Å²) in [5.74, 6) is 0.472. The number of nitrogens with two attached hydrogens (primary N) is 1. The largest absolute Gasteiger partial charge is 0.354 e. The average Bonchev–Trinajstić information content (AvgIpc) is 2.55. The minimum atomic E-state index is -0.242. The molecule has 2 rings (SSSR count). The number of carbonyl (C=O) groups is 1. The minimum absolute atomic E-state index is 0.242. The summed E-state index contributed by atoms with van der Waals surface area (Å²) >= 11 is 0. The van der Waals surface area contributed by atoms with Crippen molar-refractivity contribution in [1.29, 1.82) is 0 Å². The van der Waals surface area contributed by atoms with Gasteiger partial charge in [-0.1, -0.05) is 24.3 Å². The Morgan fingerprint density at radius 1 is 1.14 bits per heavy atom. The maximum atomic E-state index is 11.4. The van der Waals surface area contributed by atoms with Gasteiger partial charge in [0.2, 0.25) is 0 Å². The van der Waals surface area contributed by atoms with Crippen LogP contribution in [0, 0.1) is 0 Å². The number of nitrogens with one attached hydrogen (secondary N) is 1. The number of anilines is 1. The molecule has 0 atom stereocenters. The van der Waals surface area contributed by atoms with Gasteiger partial charge >= 0.3 is 0 Å². The van der Waals surface area contributed by atoms with Crippen molar-refractivity contribution in [1.82, 2.24) is 15.5 Å². The molecule has 1 aromatic carbocycles. The van der Waals surface area contributed by atoms with E-state index in [1.807, 2.05) is 36.2 Å². The summed E-state index contributed by atoms with van der Waals surface area (Å²) in [6.45, 7) is 1.25. The average molecular weight is 285 g/mol. The van der Waals surface area contributed by atoms with Crippen LogP contribution < -0.4 is 16.0 Å². The van der Waals surface area contributed by atoms with Gasteiger partial charge < -0.3 is 16.0 Å². The molecule has 0 aliphatic rings. The van der Waals surface area contributed by atoms with Gasteiger partial charge in [-0.3, -0.25) is 4.79 Å². The maximum absolute atomic E-state index is 11.4. The molecule has 2 aromatic rings. The normalized spacial score (nSPS) is 10.2. The van der Waals surface area contributed by atoms with E-state index in [2.05, 4.69) is 15.5 Å². The van der Waals surface area contributed by atoms with Crippen LogP contribution in [-0.2, 0) is 13.1 Å². The van der Waals surface area contributed by atoms with Gasteiger partial charge in [0.1, 0.15) is 0 Å². The van der Waals surface area contributed by atoms with Gasteiger partial charge in [-0.15, -0.1) is 10.2 Å². The Kier molecular flexibility index (Phi) is 4.84. The number of benzene rings is 1. The first-order valence-electron chi connectivity index (χ1n) is 6.69.